The lowest BCUT2D eigenvalue weighted by Crippen LogP contribution is -2.10. The topological polar surface area (TPSA) is 37.3 Å². The first-order valence-corrected chi connectivity index (χ1v) is 4.61. The Morgan fingerprint density at radius 2 is 2.08 bits per heavy atom. The van der Waals surface area contributed by atoms with Gasteiger partial charge in [0.15, 0.2) is 0 Å². The monoisotopic (exact) mass is 170 g/mol. The van der Waals surface area contributed by atoms with Crippen molar-refractivity contribution in [3.05, 3.63) is 12.2 Å². The highest BCUT2D eigenvalue weighted by atomic mass is 16.4. The maximum absolute atomic E-state index is 10.6. The second-order valence-electron chi connectivity index (χ2n) is 2.95. The molecular formula is C10H18O2. The molecule has 0 heterocycles. The lowest BCUT2D eigenvalue weighted by molar-refractivity contribution is -0.140. The van der Waals surface area contributed by atoms with Gasteiger partial charge in [-0.2, -0.15) is 0 Å². The van der Waals surface area contributed by atoms with Crippen LogP contribution in [-0.2, 0) is 4.79 Å². The van der Waals surface area contributed by atoms with Crippen LogP contribution in [0.3, 0.4) is 0 Å². The molecule has 0 amide bonds. The Morgan fingerprint density at radius 3 is 2.50 bits per heavy atom. The van der Waals surface area contributed by atoms with Gasteiger partial charge in [-0.15, -0.1) is 0 Å². The van der Waals surface area contributed by atoms with E-state index in [1.807, 2.05) is 19.1 Å². The molecule has 2 nitrogen and oxygen atoms in total. The van der Waals surface area contributed by atoms with Crippen LogP contribution in [0, 0.1) is 5.92 Å². The molecule has 0 spiro atoms. The highest BCUT2D eigenvalue weighted by Crippen LogP contribution is 2.08. The molecule has 12 heavy (non-hydrogen) atoms. The standard InChI is InChI=1S/C10H18O2/c1-3-5-6-8-9(7-4-2)10(11)12/h6,8-9H,3-5,7H2,1-2H3,(H,11,12). The minimum atomic E-state index is -0.704. The highest BCUT2D eigenvalue weighted by molar-refractivity contribution is 5.72. The Bertz CT molecular complexity index is 150. The Morgan fingerprint density at radius 1 is 1.42 bits per heavy atom. The molecule has 0 aliphatic rings. The van der Waals surface area contributed by atoms with Crippen molar-refractivity contribution in [1.82, 2.24) is 0 Å². The van der Waals surface area contributed by atoms with Crippen molar-refractivity contribution in [2.75, 3.05) is 0 Å². The van der Waals surface area contributed by atoms with Gasteiger partial charge in [0.05, 0.1) is 5.92 Å². The molecule has 1 N–H and O–H groups in total. The van der Waals surface area contributed by atoms with E-state index < -0.39 is 5.97 Å². The van der Waals surface area contributed by atoms with Gasteiger partial charge in [-0.05, 0) is 12.8 Å². The number of carboxylic acid groups (broad SMARTS) is 1. The van der Waals surface area contributed by atoms with Gasteiger partial charge in [0.1, 0.15) is 0 Å². The summed E-state index contributed by atoms with van der Waals surface area (Å²) in [5.41, 5.74) is 0. The number of carbonyl (C=O) groups is 1. The first kappa shape index (κ1) is 11.2. The van der Waals surface area contributed by atoms with Gasteiger partial charge in [0.2, 0.25) is 0 Å². The van der Waals surface area contributed by atoms with Crippen LogP contribution in [0.5, 0.6) is 0 Å². The number of allylic oxidation sites excluding steroid dienone is 1. The highest BCUT2D eigenvalue weighted by Gasteiger charge is 2.11. The van der Waals surface area contributed by atoms with E-state index in [1.165, 1.54) is 0 Å². The predicted octanol–water partition coefficient (Wildman–Crippen LogP) is 2.84. The molecule has 0 radical (unpaired) electrons. The van der Waals surface area contributed by atoms with Crippen molar-refractivity contribution in [3.63, 3.8) is 0 Å². The zero-order valence-corrected chi connectivity index (χ0v) is 7.92. The lowest BCUT2D eigenvalue weighted by atomic mass is 10.0. The molecule has 0 aromatic heterocycles. The van der Waals surface area contributed by atoms with Gasteiger partial charge < -0.3 is 5.11 Å². The zero-order valence-electron chi connectivity index (χ0n) is 7.92. The number of aliphatic carboxylic acids is 1. The number of unbranched alkanes of at least 4 members (excludes halogenated alkanes) is 1. The number of hydrogen-bond donors (Lipinski definition) is 1. The fraction of sp³-hybridized carbons (Fsp3) is 0.700. The van der Waals surface area contributed by atoms with Crippen LogP contribution in [0.2, 0.25) is 0 Å². The first-order valence-electron chi connectivity index (χ1n) is 4.61. The van der Waals surface area contributed by atoms with Crippen molar-refractivity contribution < 1.29 is 9.90 Å². The Labute approximate surface area is 74.3 Å². The zero-order chi connectivity index (χ0) is 9.40. The third-order valence-electron chi connectivity index (χ3n) is 1.74. The van der Waals surface area contributed by atoms with E-state index in [1.54, 1.807) is 0 Å². The van der Waals surface area contributed by atoms with Crippen LogP contribution in [-0.4, -0.2) is 11.1 Å². The first-order chi connectivity index (χ1) is 5.72. The predicted molar refractivity (Wildman–Crippen MR) is 50.1 cm³/mol. The Balaban J connectivity index is 3.85. The molecule has 0 bridgehead atoms. The van der Waals surface area contributed by atoms with Crippen LogP contribution in [0.15, 0.2) is 12.2 Å². The molecule has 2 heteroatoms. The summed E-state index contributed by atoms with van der Waals surface area (Å²) in [4.78, 5) is 10.6. The molecule has 1 unspecified atom stereocenters. The minimum absolute atomic E-state index is 0.276. The molecular weight excluding hydrogens is 152 g/mol. The molecule has 0 rings (SSSR count). The van der Waals surface area contributed by atoms with E-state index in [-0.39, 0.29) is 5.92 Å². The molecule has 0 saturated carbocycles. The molecule has 0 aromatic carbocycles. The second-order valence-corrected chi connectivity index (χ2v) is 2.95. The average Bonchev–Trinajstić information content (AvgIpc) is 2.03. The summed E-state index contributed by atoms with van der Waals surface area (Å²) >= 11 is 0. The molecule has 1 atom stereocenters. The van der Waals surface area contributed by atoms with Crippen LogP contribution in [0.4, 0.5) is 0 Å². The Hall–Kier alpha value is -0.790. The molecule has 70 valence electrons. The fourth-order valence-corrected chi connectivity index (χ4v) is 1.04. The van der Waals surface area contributed by atoms with E-state index in [2.05, 4.69) is 6.92 Å². The third kappa shape index (κ3) is 4.94. The number of rotatable bonds is 6. The van der Waals surface area contributed by atoms with E-state index >= 15 is 0 Å². The summed E-state index contributed by atoms with van der Waals surface area (Å²) in [6, 6.07) is 0. The molecule has 0 aliphatic heterocycles. The van der Waals surface area contributed by atoms with Gasteiger partial charge in [0, 0.05) is 0 Å². The largest absolute Gasteiger partial charge is 0.481 e. The van der Waals surface area contributed by atoms with Crippen LogP contribution in [0.25, 0.3) is 0 Å². The normalized spacial score (nSPS) is 13.5. The van der Waals surface area contributed by atoms with E-state index in [4.69, 9.17) is 5.11 Å². The van der Waals surface area contributed by atoms with Crippen molar-refractivity contribution in [3.8, 4) is 0 Å². The van der Waals surface area contributed by atoms with Crippen molar-refractivity contribution >= 4 is 5.97 Å². The minimum Gasteiger partial charge on any atom is -0.481 e. The van der Waals surface area contributed by atoms with E-state index in [9.17, 15) is 4.79 Å². The summed E-state index contributed by atoms with van der Waals surface area (Å²) in [5, 5.41) is 8.75. The van der Waals surface area contributed by atoms with Gasteiger partial charge >= 0.3 is 5.97 Å². The van der Waals surface area contributed by atoms with Crippen LogP contribution < -0.4 is 0 Å². The molecule has 0 aromatic rings. The second kappa shape index (κ2) is 6.89. The third-order valence-corrected chi connectivity index (χ3v) is 1.74. The lowest BCUT2D eigenvalue weighted by Gasteiger charge is -2.03. The van der Waals surface area contributed by atoms with Gasteiger partial charge in [-0.25, -0.2) is 0 Å². The van der Waals surface area contributed by atoms with Crippen LogP contribution >= 0.6 is 0 Å². The molecule has 0 fully saturated rings. The van der Waals surface area contributed by atoms with Gasteiger partial charge in [0.25, 0.3) is 0 Å². The summed E-state index contributed by atoms with van der Waals surface area (Å²) in [5.74, 6) is -0.981. The SMILES string of the molecule is CCCC=CC(CCC)C(=O)O. The van der Waals surface area contributed by atoms with E-state index in [0.717, 1.165) is 25.7 Å². The molecule has 0 saturated heterocycles. The summed E-state index contributed by atoms with van der Waals surface area (Å²) in [6.07, 6.45) is 7.51. The molecule has 0 aliphatic carbocycles. The Kier molecular flexibility index (Phi) is 6.44. The fourth-order valence-electron chi connectivity index (χ4n) is 1.04. The van der Waals surface area contributed by atoms with E-state index in [0.29, 0.717) is 0 Å². The number of carboxylic acids is 1. The average molecular weight is 170 g/mol. The van der Waals surface area contributed by atoms with Gasteiger partial charge in [-0.3, -0.25) is 4.79 Å². The van der Waals surface area contributed by atoms with Crippen molar-refractivity contribution in [2.24, 2.45) is 5.92 Å². The van der Waals surface area contributed by atoms with Crippen molar-refractivity contribution in [1.29, 1.82) is 0 Å². The van der Waals surface area contributed by atoms with Crippen LogP contribution in [0.1, 0.15) is 39.5 Å². The smallest absolute Gasteiger partial charge is 0.310 e. The van der Waals surface area contributed by atoms with Gasteiger partial charge in [-0.1, -0.05) is 38.8 Å². The summed E-state index contributed by atoms with van der Waals surface area (Å²) in [7, 11) is 0. The summed E-state index contributed by atoms with van der Waals surface area (Å²) in [6.45, 7) is 4.09. The van der Waals surface area contributed by atoms with Crippen molar-refractivity contribution in [2.45, 2.75) is 39.5 Å². The number of hydrogen-bond acceptors (Lipinski definition) is 1. The quantitative estimate of drug-likeness (QED) is 0.622. The summed E-state index contributed by atoms with van der Waals surface area (Å²) < 4.78 is 0. The maximum atomic E-state index is 10.6. The maximum Gasteiger partial charge on any atom is 0.310 e.